The first-order chi connectivity index (χ1) is 26.5. The van der Waals surface area contributed by atoms with Gasteiger partial charge in [-0.1, -0.05) is 26.0 Å². The van der Waals surface area contributed by atoms with Crippen LogP contribution in [0.5, 0.6) is 5.75 Å². The number of hydrogen-bond acceptors (Lipinski definition) is 11. The van der Waals surface area contributed by atoms with Gasteiger partial charge in [0.1, 0.15) is 29.9 Å². The first-order valence-corrected chi connectivity index (χ1v) is 18.6. The number of nitrogens with two attached hydrogens (primary N) is 2. The molecule has 0 unspecified atom stereocenters. The third-order valence-corrected chi connectivity index (χ3v) is 9.50. The maximum absolute atomic E-state index is 14.0. The number of nitrogens with zero attached hydrogens (tertiary/aromatic N) is 1. The van der Waals surface area contributed by atoms with Crippen LogP contribution < -0.4 is 48.1 Å². The Labute approximate surface area is 323 Å². The lowest BCUT2D eigenvalue weighted by Gasteiger charge is -2.29. The van der Waals surface area contributed by atoms with Crippen LogP contribution in [0, 0.1) is 5.92 Å². The number of nitrogens with one attached hydrogen (secondary N) is 6. The van der Waals surface area contributed by atoms with E-state index in [0.717, 1.165) is 13.0 Å². The third kappa shape index (κ3) is 13.8. The number of hydrogen-bond donors (Lipinski definition) is 9. The van der Waals surface area contributed by atoms with Crippen molar-refractivity contribution in [2.45, 2.75) is 102 Å². The molecule has 2 saturated heterocycles. The van der Waals surface area contributed by atoms with E-state index >= 15 is 0 Å². The highest BCUT2D eigenvalue weighted by molar-refractivity contribution is 5.96. The van der Waals surface area contributed by atoms with E-state index in [4.69, 9.17) is 5.73 Å². The average Bonchev–Trinajstić information content (AvgIpc) is 3.87. The molecule has 0 aliphatic carbocycles. The summed E-state index contributed by atoms with van der Waals surface area (Å²) >= 11 is 0. The Kier molecular flexibility index (Phi) is 17.0. The van der Waals surface area contributed by atoms with Gasteiger partial charge >= 0.3 is 0 Å². The molecule has 20 nitrogen and oxygen atoms in total. The van der Waals surface area contributed by atoms with Crippen LogP contribution in [0.1, 0.15) is 64.9 Å². The number of carboxylic acid groups (broad SMARTS) is 1. The Morgan fingerprint density at radius 3 is 2.07 bits per heavy atom. The Bertz CT molecular complexity index is 1620. The van der Waals surface area contributed by atoms with Gasteiger partial charge in [-0.25, -0.2) is 0 Å². The van der Waals surface area contributed by atoms with Crippen molar-refractivity contribution in [3.63, 3.8) is 0 Å². The first-order valence-electron chi connectivity index (χ1n) is 18.6. The van der Waals surface area contributed by atoms with Gasteiger partial charge in [-0.2, -0.15) is 0 Å². The van der Waals surface area contributed by atoms with E-state index in [0.29, 0.717) is 18.4 Å². The molecule has 308 valence electrons. The Hall–Kier alpha value is -5.79. The molecule has 0 saturated carbocycles. The van der Waals surface area contributed by atoms with E-state index in [1.807, 2.05) is 5.32 Å². The summed E-state index contributed by atoms with van der Waals surface area (Å²) in [6.07, 6.45) is 1.62. The van der Waals surface area contributed by atoms with Gasteiger partial charge in [0.25, 0.3) is 5.91 Å². The molecule has 1 aromatic carbocycles. The van der Waals surface area contributed by atoms with Crippen LogP contribution in [0.15, 0.2) is 24.3 Å². The highest BCUT2D eigenvalue weighted by atomic mass is 16.4. The van der Waals surface area contributed by atoms with Crippen molar-refractivity contribution in [3.8, 4) is 5.75 Å². The predicted octanol–water partition coefficient (Wildman–Crippen LogP) is -5.49. The number of amides is 8. The summed E-state index contributed by atoms with van der Waals surface area (Å²) in [5.74, 6) is -7.56. The van der Waals surface area contributed by atoms with Crippen LogP contribution in [0.3, 0.4) is 0 Å². The molecule has 2 fully saturated rings. The molecule has 11 N–H and O–H groups in total. The minimum Gasteiger partial charge on any atom is -0.548 e. The van der Waals surface area contributed by atoms with Gasteiger partial charge in [-0.15, -0.1) is 0 Å². The number of phenols is 1. The molecule has 3 rings (SSSR count). The largest absolute Gasteiger partial charge is 0.548 e. The van der Waals surface area contributed by atoms with Crippen LogP contribution in [0.25, 0.3) is 0 Å². The number of aromatic hydroxyl groups is 1. The van der Waals surface area contributed by atoms with E-state index in [-0.39, 0.29) is 49.9 Å². The van der Waals surface area contributed by atoms with Crippen molar-refractivity contribution in [1.29, 1.82) is 0 Å². The molecular formula is C36H53N9O11. The molecule has 0 bridgehead atoms. The number of primary amides is 1. The summed E-state index contributed by atoms with van der Waals surface area (Å²) in [5.41, 5.74) is 5.77. The lowest BCUT2D eigenvalue weighted by Crippen LogP contribution is -2.89. The smallest absolute Gasteiger partial charge is 0.278 e. The fourth-order valence-electron chi connectivity index (χ4n) is 6.37. The maximum atomic E-state index is 14.0. The quantitative estimate of drug-likeness (QED) is 0.0601. The number of carbonyl (C=O) groups excluding carboxylic acids is 9. The lowest BCUT2D eigenvalue weighted by atomic mass is 10.0. The minimum absolute atomic E-state index is 0.0205. The number of phenolic OH excluding ortho intramolecular Hbond substituents is 1. The monoisotopic (exact) mass is 787 g/mol. The second-order valence-corrected chi connectivity index (χ2v) is 14.3. The SMILES string of the molecule is CC(C)[C@H](NC(=O)[C@H](CCC(N)=O)NC(=O)CNC(=O)[C@@H]1CCCN1C(=O)[C@H](Cc1ccc(O)cc1)NC(=O)CNC(=O)[C@H](C)NC(=O)[C@@H]1CCC[NH2+]1)C(=O)[O-]. The Morgan fingerprint density at radius 1 is 0.839 bits per heavy atom. The van der Waals surface area contributed by atoms with Gasteiger partial charge in [0, 0.05) is 32.2 Å². The molecule has 20 heteroatoms. The zero-order valence-electron chi connectivity index (χ0n) is 31.8. The molecule has 0 radical (unpaired) electrons. The van der Waals surface area contributed by atoms with Crippen molar-refractivity contribution in [3.05, 3.63) is 29.8 Å². The van der Waals surface area contributed by atoms with Crippen molar-refractivity contribution < 1.29 is 58.7 Å². The number of quaternary nitrogens is 1. The van der Waals surface area contributed by atoms with E-state index in [1.165, 1.54) is 37.8 Å². The minimum atomic E-state index is -1.54. The van der Waals surface area contributed by atoms with Crippen LogP contribution >= 0.6 is 0 Å². The van der Waals surface area contributed by atoms with Crippen LogP contribution in [0.4, 0.5) is 0 Å². The summed E-state index contributed by atoms with van der Waals surface area (Å²) in [6, 6.07) is -0.283. The normalized spacial score (nSPS) is 18.5. The molecule has 2 heterocycles. The molecule has 0 aromatic heterocycles. The number of carboxylic acids is 1. The van der Waals surface area contributed by atoms with Crippen LogP contribution in [-0.4, -0.2) is 126 Å². The van der Waals surface area contributed by atoms with Gasteiger partial charge in [0.2, 0.25) is 41.4 Å². The molecule has 1 aromatic rings. The van der Waals surface area contributed by atoms with Crippen molar-refractivity contribution in [2.75, 3.05) is 26.2 Å². The highest BCUT2D eigenvalue weighted by Crippen LogP contribution is 2.20. The predicted molar refractivity (Wildman–Crippen MR) is 194 cm³/mol. The van der Waals surface area contributed by atoms with Crippen molar-refractivity contribution in [2.24, 2.45) is 11.7 Å². The fourth-order valence-corrected chi connectivity index (χ4v) is 6.37. The molecule has 2 aliphatic heterocycles. The van der Waals surface area contributed by atoms with Gasteiger partial charge in [0.15, 0.2) is 6.04 Å². The second kappa shape index (κ2) is 21.3. The van der Waals surface area contributed by atoms with Gasteiger partial charge in [-0.05, 0) is 49.8 Å². The van der Waals surface area contributed by atoms with Gasteiger partial charge in [0.05, 0.1) is 31.6 Å². The van der Waals surface area contributed by atoms with E-state index < -0.39 is 96.5 Å². The number of carbonyl (C=O) groups is 9. The summed E-state index contributed by atoms with van der Waals surface area (Å²) in [6.45, 7) is 4.36. The lowest BCUT2D eigenvalue weighted by molar-refractivity contribution is -0.657. The standard InChI is InChI=1S/C36H53N9O11/c1-19(2)30(36(55)56)44-33(52)24(12-13-27(37)47)42-28(48)18-40-34(53)26-7-5-15-45(26)35(54)25(16-21-8-10-22(46)11-9-21)43-29(49)17-39-31(50)20(3)41-32(51)23-6-4-14-38-23/h8-11,19-20,23-26,30,38,46H,4-7,12-18H2,1-3H3,(H2,37,47)(H,39,50)(H,40,53)(H,41,51)(H,42,48)(H,43,49)(H,44,52)(H,55,56)/t20-,23-,24-,25-,26-,30-/m0/s1. The molecule has 6 atom stereocenters. The molecule has 56 heavy (non-hydrogen) atoms. The van der Waals surface area contributed by atoms with E-state index in [2.05, 4.69) is 31.9 Å². The van der Waals surface area contributed by atoms with Crippen LogP contribution in [-0.2, 0) is 49.6 Å². The maximum Gasteiger partial charge on any atom is 0.278 e. The Balaban J connectivity index is 1.64. The zero-order chi connectivity index (χ0) is 41.5. The zero-order valence-corrected chi connectivity index (χ0v) is 31.8. The summed E-state index contributed by atoms with van der Waals surface area (Å²) in [7, 11) is 0. The fraction of sp³-hybridized carbons (Fsp3) is 0.583. The first kappa shape index (κ1) is 44.6. The molecular weight excluding hydrogens is 734 g/mol. The third-order valence-electron chi connectivity index (χ3n) is 9.50. The van der Waals surface area contributed by atoms with E-state index in [1.54, 1.807) is 12.1 Å². The number of rotatable bonds is 20. The van der Waals surface area contributed by atoms with Crippen molar-refractivity contribution in [1.82, 2.24) is 36.8 Å². The number of benzene rings is 1. The summed E-state index contributed by atoms with van der Waals surface area (Å²) < 4.78 is 0. The highest BCUT2D eigenvalue weighted by Gasteiger charge is 2.38. The van der Waals surface area contributed by atoms with Gasteiger partial charge < -0.3 is 62.9 Å². The summed E-state index contributed by atoms with van der Waals surface area (Å²) in [5, 5.41) is 37.9. The van der Waals surface area contributed by atoms with Gasteiger partial charge in [-0.3, -0.25) is 38.4 Å². The summed E-state index contributed by atoms with van der Waals surface area (Å²) in [4.78, 5) is 115. The Morgan fingerprint density at radius 2 is 1.48 bits per heavy atom. The second-order valence-electron chi connectivity index (χ2n) is 14.3. The molecule has 8 amide bonds. The number of aliphatic carboxylic acids is 1. The van der Waals surface area contributed by atoms with Crippen molar-refractivity contribution >= 4 is 53.2 Å². The topological polar surface area (TPSA) is 315 Å². The van der Waals surface area contributed by atoms with E-state index in [9.17, 15) is 53.4 Å². The molecule has 0 spiro atoms. The number of likely N-dealkylation sites (tertiary alicyclic amines) is 1. The van der Waals surface area contributed by atoms with Crippen LogP contribution in [0.2, 0.25) is 0 Å². The average molecular weight is 788 g/mol. The molecule has 2 aliphatic rings.